The highest BCUT2D eigenvalue weighted by Gasteiger charge is 2.21. The molecule has 0 amide bonds. The Labute approximate surface area is 76.0 Å². The van der Waals surface area contributed by atoms with E-state index in [9.17, 15) is 4.57 Å². The van der Waals surface area contributed by atoms with Crippen LogP contribution in [0, 0.1) is 0 Å². The van der Waals surface area contributed by atoms with Gasteiger partial charge in [-0.3, -0.25) is 9.79 Å². The minimum Gasteiger partial charge on any atom is -0.389 e. The number of phosphoric acid groups is 1. The minimum absolute atomic E-state index is 0.00312. The van der Waals surface area contributed by atoms with Gasteiger partial charge in [0.25, 0.3) is 0 Å². The normalized spacial score (nSPS) is 18.5. The zero-order valence-corrected chi connectivity index (χ0v) is 7.94. The molecule has 1 heterocycles. The van der Waals surface area contributed by atoms with Crippen molar-refractivity contribution in [2.75, 3.05) is 26.3 Å². The third-order valence-electron chi connectivity index (χ3n) is 1.59. The van der Waals surface area contributed by atoms with Crippen LogP contribution in [-0.2, 0) is 13.8 Å². The van der Waals surface area contributed by atoms with Crippen molar-refractivity contribution in [1.82, 2.24) is 4.90 Å². The molecule has 0 radical (unpaired) electrons. The highest BCUT2D eigenvalue weighted by atomic mass is 31.2. The molecule has 0 spiro atoms. The summed E-state index contributed by atoms with van der Waals surface area (Å²) in [4.78, 5) is 18.6. The van der Waals surface area contributed by atoms with Gasteiger partial charge in [-0.25, -0.2) is 4.57 Å². The van der Waals surface area contributed by atoms with Gasteiger partial charge >= 0.3 is 7.82 Å². The zero-order valence-electron chi connectivity index (χ0n) is 7.05. The van der Waals surface area contributed by atoms with E-state index in [1.165, 1.54) is 0 Å². The summed E-state index contributed by atoms with van der Waals surface area (Å²) in [5, 5.41) is 0. The number of morpholine rings is 1. The molecule has 0 saturated carbocycles. The van der Waals surface area contributed by atoms with Crippen molar-refractivity contribution >= 4 is 7.82 Å². The predicted octanol–water partition coefficient (Wildman–Crippen LogP) is -0.101. The average Bonchev–Trinajstić information content (AvgIpc) is 2.03. The Morgan fingerprint density at radius 1 is 1.46 bits per heavy atom. The summed E-state index contributed by atoms with van der Waals surface area (Å²) < 4.78 is 19.8. The molecule has 0 aromatic heterocycles. The second kappa shape index (κ2) is 4.11. The summed E-state index contributed by atoms with van der Waals surface area (Å²) in [6.07, 6.45) is 0. The van der Waals surface area contributed by atoms with Crippen LogP contribution in [0.25, 0.3) is 0 Å². The van der Waals surface area contributed by atoms with E-state index >= 15 is 0 Å². The maximum atomic E-state index is 10.4. The minimum atomic E-state index is -4.47. The van der Waals surface area contributed by atoms with E-state index < -0.39 is 7.82 Å². The molecule has 1 aliphatic heterocycles. The molecule has 76 valence electrons. The fraction of sp³-hybridized carbons (Fsp3) is 0.667. The van der Waals surface area contributed by atoms with E-state index in [1.807, 2.05) is 0 Å². The van der Waals surface area contributed by atoms with Crippen LogP contribution >= 0.6 is 7.82 Å². The molecule has 6 nitrogen and oxygen atoms in total. The second-order valence-electron chi connectivity index (χ2n) is 2.58. The summed E-state index contributed by atoms with van der Waals surface area (Å²) in [6.45, 7) is 5.54. The van der Waals surface area contributed by atoms with Crippen molar-refractivity contribution in [2.45, 2.75) is 0 Å². The molecule has 0 atom stereocenters. The first-order chi connectivity index (χ1) is 5.99. The van der Waals surface area contributed by atoms with Gasteiger partial charge in [0.2, 0.25) is 0 Å². The maximum Gasteiger partial charge on any atom is 0.525 e. The Hall–Kier alpha value is -0.550. The molecule has 7 heteroatoms. The van der Waals surface area contributed by atoms with Crippen LogP contribution in [0.1, 0.15) is 0 Å². The van der Waals surface area contributed by atoms with E-state index in [4.69, 9.17) is 14.5 Å². The van der Waals surface area contributed by atoms with Gasteiger partial charge in [0.05, 0.1) is 13.2 Å². The Morgan fingerprint density at radius 3 is 2.46 bits per heavy atom. The smallest absolute Gasteiger partial charge is 0.389 e. The molecule has 1 aliphatic rings. The molecular weight excluding hydrogens is 197 g/mol. The van der Waals surface area contributed by atoms with Crippen molar-refractivity contribution in [2.24, 2.45) is 0 Å². The number of phosphoric ester groups is 1. The molecule has 1 rings (SSSR count). The molecule has 1 saturated heterocycles. The predicted molar refractivity (Wildman–Crippen MR) is 44.7 cm³/mol. The van der Waals surface area contributed by atoms with Crippen molar-refractivity contribution in [3.05, 3.63) is 12.5 Å². The van der Waals surface area contributed by atoms with Crippen LogP contribution in [0.5, 0.6) is 0 Å². The molecule has 2 N–H and O–H groups in total. The molecule has 0 aromatic rings. The molecule has 0 aromatic carbocycles. The van der Waals surface area contributed by atoms with E-state index in [1.54, 1.807) is 4.90 Å². The molecule has 13 heavy (non-hydrogen) atoms. The van der Waals surface area contributed by atoms with Gasteiger partial charge in [0.1, 0.15) is 0 Å². The number of rotatable bonds is 3. The van der Waals surface area contributed by atoms with Crippen LogP contribution in [0.15, 0.2) is 12.5 Å². The van der Waals surface area contributed by atoms with Crippen LogP contribution in [0.3, 0.4) is 0 Å². The lowest BCUT2D eigenvalue weighted by Crippen LogP contribution is -2.35. The number of ether oxygens (including phenoxy) is 1. The van der Waals surface area contributed by atoms with Crippen molar-refractivity contribution in [3.8, 4) is 0 Å². The Bertz CT molecular complexity index is 231. The molecule has 0 aliphatic carbocycles. The zero-order chi connectivity index (χ0) is 9.90. The van der Waals surface area contributed by atoms with Gasteiger partial charge in [-0.05, 0) is 6.58 Å². The number of hydrogen-bond donors (Lipinski definition) is 2. The van der Waals surface area contributed by atoms with Crippen molar-refractivity contribution in [1.29, 1.82) is 0 Å². The van der Waals surface area contributed by atoms with Crippen LogP contribution < -0.4 is 0 Å². The Kier molecular flexibility index (Phi) is 3.33. The van der Waals surface area contributed by atoms with Gasteiger partial charge in [0, 0.05) is 13.1 Å². The first-order valence-corrected chi connectivity index (χ1v) is 5.29. The van der Waals surface area contributed by atoms with Gasteiger partial charge in [-0.1, -0.05) is 0 Å². The third kappa shape index (κ3) is 3.78. The molecule has 1 fully saturated rings. The summed E-state index contributed by atoms with van der Waals surface area (Å²) in [6, 6.07) is 0. The number of hydrogen-bond acceptors (Lipinski definition) is 4. The second-order valence-corrected chi connectivity index (χ2v) is 3.74. The van der Waals surface area contributed by atoms with Crippen LogP contribution in [-0.4, -0.2) is 41.0 Å². The topological polar surface area (TPSA) is 79.2 Å². The van der Waals surface area contributed by atoms with Gasteiger partial charge < -0.3 is 14.2 Å². The van der Waals surface area contributed by atoms with Gasteiger partial charge in [0.15, 0.2) is 5.88 Å². The average molecular weight is 209 g/mol. The Morgan fingerprint density at radius 2 is 2.00 bits per heavy atom. The largest absolute Gasteiger partial charge is 0.525 e. The number of nitrogens with zero attached hydrogens (tertiary/aromatic N) is 1. The van der Waals surface area contributed by atoms with Crippen molar-refractivity contribution in [3.63, 3.8) is 0 Å². The van der Waals surface area contributed by atoms with Crippen molar-refractivity contribution < 1.29 is 23.6 Å². The standard InChI is InChI=1S/C6H12NO5P/c1-6(12-13(8,9)10)7-2-4-11-5-3-7/h1-5H2,(H2,8,9,10). The first-order valence-electron chi connectivity index (χ1n) is 3.76. The monoisotopic (exact) mass is 209 g/mol. The van der Waals surface area contributed by atoms with E-state index in [-0.39, 0.29) is 5.88 Å². The first kappa shape index (κ1) is 10.5. The third-order valence-corrected chi connectivity index (χ3v) is 2.04. The van der Waals surface area contributed by atoms with Crippen LogP contribution in [0.4, 0.5) is 0 Å². The summed E-state index contributed by atoms with van der Waals surface area (Å²) in [7, 11) is -4.47. The van der Waals surface area contributed by atoms with Gasteiger partial charge in [-0.15, -0.1) is 0 Å². The lowest BCUT2D eigenvalue weighted by atomic mass is 10.4. The van der Waals surface area contributed by atoms with E-state index in [2.05, 4.69) is 11.1 Å². The summed E-state index contributed by atoms with van der Waals surface area (Å²) >= 11 is 0. The lowest BCUT2D eigenvalue weighted by molar-refractivity contribution is 0.0311. The van der Waals surface area contributed by atoms with Gasteiger partial charge in [-0.2, -0.15) is 0 Å². The maximum absolute atomic E-state index is 10.4. The summed E-state index contributed by atoms with van der Waals surface area (Å²) in [5.74, 6) is -0.00312. The highest BCUT2D eigenvalue weighted by Crippen LogP contribution is 2.39. The Balaban J connectivity index is 2.42. The molecule has 0 bridgehead atoms. The fourth-order valence-corrected chi connectivity index (χ4v) is 1.40. The van der Waals surface area contributed by atoms with E-state index in [0.717, 1.165) is 0 Å². The lowest BCUT2D eigenvalue weighted by Gasteiger charge is -2.29. The molecular formula is C6H12NO5P. The fourth-order valence-electron chi connectivity index (χ4n) is 1.01. The quantitative estimate of drug-likeness (QED) is 0.499. The SMILES string of the molecule is C=C(OP(=O)(O)O)N1CCOCC1. The summed E-state index contributed by atoms with van der Waals surface area (Å²) in [5.41, 5.74) is 0. The highest BCUT2D eigenvalue weighted by molar-refractivity contribution is 7.46. The van der Waals surface area contributed by atoms with E-state index in [0.29, 0.717) is 26.3 Å². The van der Waals surface area contributed by atoms with Crippen LogP contribution in [0.2, 0.25) is 0 Å². The molecule has 0 unspecified atom stereocenters.